The summed E-state index contributed by atoms with van der Waals surface area (Å²) >= 11 is 1.11. The highest BCUT2D eigenvalue weighted by molar-refractivity contribution is 8.00. The highest BCUT2D eigenvalue weighted by Gasteiger charge is 2.20. The van der Waals surface area contributed by atoms with Crippen molar-refractivity contribution in [1.29, 1.82) is 5.26 Å². The molecule has 0 unspecified atom stereocenters. The maximum absolute atomic E-state index is 13.4. The summed E-state index contributed by atoms with van der Waals surface area (Å²) in [6.45, 7) is 1.69. The average molecular weight is 382 g/mol. The van der Waals surface area contributed by atoms with E-state index in [1.807, 2.05) is 6.07 Å². The molecule has 3 aromatic rings. The van der Waals surface area contributed by atoms with Gasteiger partial charge in [0.05, 0.1) is 16.5 Å². The number of nitriles is 1. The smallest absolute Gasteiger partial charge is 0.237 e. The van der Waals surface area contributed by atoms with Crippen molar-refractivity contribution in [3.05, 3.63) is 59.9 Å². The van der Waals surface area contributed by atoms with Gasteiger partial charge in [-0.05, 0) is 31.2 Å². The molecule has 27 heavy (non-hydrogen) atoms. The Kier molecular flexibility index (Phi) is 5.38. The van der Waals surface area contributed by atoms with Crippen LogP contribution in [0.2, 0.25) is 0 Å². The number of anilines is 1. The van der Waals surface area contributed by atoms with Crippen molar-refractivity contribution in [2.24, 2.45) is 0 Å². The lowest BCUT2D eigenvalue weighted by molar-refractivity contribution is -0.115. The second kappa shape index (κ2) is 7.88. The second-order valence-corrected chi connectivity index (χ2v) is 6.90. The lowest BCUT2D eigenvalue weighted by Gasteiger charge is -2.12. The Balaban J connectivity index is 1.74. The molecule has 9 heteroatoms. The molecule has 3 rings (SSSR count). The number of hydrogen-bond acceptors (Lipinski definition) is 6. The van der Waals surface area contributed by atoms with Gasteiger partial charge in [-0.2, -0.15) is 5.26 Å². The summed E-state index contributed by atoms with van der Waals surface area (Å²) in [5.74, 6) is 5.58. The first-order valence-corrected chi connectivity index (χ1v) is 8.80. The lowest BCUT2D eigenvalue weighted by atomic mass is 10.2. The first-order chi connectivity index (χ1) is 13.0. The van der Waals surface area contributed by atoms with Crippen molar-refractivity contribution >= 4 is 23.4 Å². The first-order valence-electron chi connectivity index (χ1n) is 7.92. The Morgan fingerprint density at radius 2 is 2.07 bits per heavy atom. The van der Waals surface area contributed by atoms with E-state index in [2.05, 4.69) is 15.5 Å². The summed E-state index contributed by atoms with van der Waals surface area (Å²) in [6, 6.07) is 14.6. The highest BCUT2D eigenvalue weighted by atomic mass is 32.2. The number of para-hydroxylation sites is 1. The second-order valence-electron chi connectivity index (χ2n) is 5.59. The van der Waals surface area contributed by atoms with Crippen LogP contribution in [0.1, 0.15) is 12.5 Å². The number of rotatable bonds is 5. The van der Waals surface area contributed by atoms with Gasteiger partial charge in [-0.15, -0.1) is 10.2 Å². The number of nitrogens with two attached hydrogens (primary N) is 1. The predicted molar refractivity (Wildman–Crippen MR) is 101 cm³/mol. The van der Waals surface area contributed by atoms with E-state index in [9.17, 15) is 9.18 Å². The van der Waals surface area contributed by atoms with Crippen LogP contribution in [0.3, 0.4) is 0 Å². The number of nitrogen functional groups attached to an aromatic ring is 1. The summed E-state index contributed by atoms with van der Waals surface area (Å²) in [5, 5.41) is 19.5. The normalized spacial score (nSPS) is 11.6. The average Bonchev–Trinajstić information content (AvgIpc) is 3.02. The molecule has 1 heterocycles. The van der Waals surface area contributed by atoms with Gasteiger partial charge in [0.25, 0.3) is 0 Å². The fourth-order valence-corrected chi connectivity index (χ4v) is 3.09. The SMILES string of the molecule is C[C@H](Sc1nnc(-c2cccc(F)c2)n1N)C(=O)Nc1ccccc1C#N. The molecule has 0 bridgehead atoms. The molecule has 0 spiro atoms. The van der Waals surface area contributed by atoms with E-state index in [1.54, 1.807) is 43.3 Å². The van der Waals surface area contributed by atoms with Crippen LogP contribution in [0.4, 0.5) is 10.1 Å². The summed E-state index contributed by atoms with van der Waals surface area (Å²) in [6.07, 6.45) is 0. The molecular formula is C18H15FN6OS. The zero-order chi connectivity index (χ0) is 19.4. The van der Waals surface area contributed by atoms with Gasteiger partial charge in [0.1, 0.15) is 11.9 Å². The number of hydrogen-bond donors (Lipinski definition) is 2. The topological polar surface area (TPSA) is 110 Å². The number of carbonyl (C=O) groups is 1. The number of halogens is 1. The molecule has 0 aliphatic heterocycles. The van der Waals surface area contributed by atoms with Gasteiger partial charge >= 0.3 is 0 Å². The van der Waals surface area contributed by atoms with E-state index in [1.165, 1.54) is 16.8 Å². The van der Waals surface area contributed by atoms with E-state index >= 15 is 0 Å². The van der Waals surface area contributed by atoms with Crippen LogP contribution in [0.5, 0.6) is 0 Å². The lowest BCUT2D eigenvalue weighted by Crippen LogP contribution is -2.24. The third-order valence-electron chi connectivity index (χ3n) is 3.70. The molecule has 136 valence electrons. The van der Waals surface area contributed by atoms with E-state index in [0.29, 0.717) is 27.8 Å². The highest BCUT2D eigenvalue weighted by Crippen LogP contribution is 2.26. The van der Waals surface area contributed by atoms with Gasteiger partial charge in [-0.25, -0.2) is 9.07 Å². The summed E-state index contributed by atoms with van der Waals surface area (Å²) in [5.41, 5.74) is 1.29. The Morgan fingerprint density at radius 1 is 1.30 bits per heavy atom. The molecule has 3 N–H and O–H groups in total. The van der Waals surface area contributed by atoms with Gasteiger partial charge in [0, 0.05) is 5.56 Å². The zero-order valence-electron chi connectivity index (χ0n) is 14.3. The van der Waals surface area contributed by atoms with Gasteiger partial charge in [-0.3, -0.25) is 4.79 Å². The molecule has 2 aromatic carbocycles. The quantitative estimate of drug-likeness (QED) is 0.519. The minimum atomic E-state index is -0.552. The maximum atomic E-state index is 13.4. The van der Waals surface area contributed by atoms with E-state index < -0.39 is 11.1 Å². The van der Waals surface area contributed by atoms with Crippen molar-refractivity contribution < 1.29 is 9.18 Å². The van der Waals surface area contributed by atoms with Crippen molar-refractivity contribution in [3.8, 4) is 17.5 Å². The minimum absolute atomic E-state index is 0.291. The van der Waals surface area contributed by atoms with Crippen LogP contribution in [-0.2, 0) is 4.79 Å². The molecule has 0 saturated carbocycles. The zero-order valence-corrected chi connectivity index (χ0v) is 15.1. The van der Waals surface area contributed by atoms with E-state index in [-0.39, 0.29) is 5.91 Å². The van der Waals surface area contributed by atoms with E-state index in [0.717, 1.165) is 11.8 Å². The van der Waals surface area contributed by atoms with Crippen LogP contribution >= 0.6 is 11.8 Å². The van der Waals surface area contributed by atoms with Gasteiger partial charge in [0.2, 0.25) is 11.1 Å². The number of aromatic nitrogens is 3. The number of nitrogens with zero attached hydrogens (tertiary/aromatic N) is 4. The number of carbonyl (C=O) groups excluding carboxylic acids is 1. The Hall–Kier alpha value is -3.38. The standard InChI is InChI=1S/C18H15FN6OS/c1-11(17(26)22-15-8-3-2-5-13(15)10-20)27-18-24-23-16(25(18)21)12-6-4-7-14(19)9-12/h2-9,11H,21H2,1H3,(H,22,26)/t11-/m0/s1. The van der Waals surface area contributed by atoms with E-state index in [4.69, 9.17) is 11.1 Å². The third kappa shape index (κ3) is 4.07. The molecular weight excluding hydrogens is 367 g/mol. The predicted octanol–water partition coefficient (Wildman–Crippen LogP) is 2.79. The van der Waals surface area contributed by atoms with Crippen molar-refractivity contribution in [2.45, 2.75) is 17.3 Å². The van der Waals surface area contributed by atoms with Gasteiger partial charge in [0.15, 0.2) is 5.82 Å². The van der Waals surface area contributed by atoms with Crippen LogP contribution in [0, 0.1) is 17.1 Å². The molecule has 1 amide bonds. The molecule has 7 nitrogen and oxygen atoms in total. The molecule has 0 saturated heterocycles. The van der Waals surface area contributed by atoms with Crippen LogP contribution in [0.15, 0.2) is 53.7 Å². The Bertz CT molecular complexity index is 1030. The monoisotopic (exact) mass is 382 g/mol. The summed E-state index contributed by atoms with van der Waals surface area (Å²) in [7, 11) is 0. The number of benzene rings is 2. The number of amides is 1. The van der Waals surface area contributed by atoms with Crippen LogP contribution in [-0.4, -0.2) is 26.0 Å². The summed E-state index contributed by atoms with van der Waals surface area (Å²) in [4.78, 5) is 12.4. The fourth-order valence-electron chi connectivity index (χ4n) is 2.32. The molecule has 1 aromatic heterocycles. The van der Waals surface area contributed by atoms with Crippen LogP contribution in [0.25, 0.3) is 11.4 Å². The molecule has 0 fully saturated rings. The number of thioether (sulfide) groups is 1. The molecule has 0 aliphatic rings. The molecule has 0 aliphatic carbocycles. The molecule has 0 radical (unpaired) electrons. The van der Waals surface area contributed by atoms with Crippen molar-refractivity contribution in [2.75, 3.05) is 11.2 Å². The largest absolute Gasteiger partial charge is 0.335 e. The maximum Gasteiger partial charge on any atom is 0.237 e. The molecule has 1 atom stereocenters. The third-order valence-corrected chi connectivity index (χ3v) is 4.76. The van der Waals surface area contributed by atoms with Gasteiger partial charge < -0.3 is 11.2 Å². The number of nitrogens with one attached hydrogen (secondary N) is 1. The minimum Gasteiger partial charge on any atom is -0.335 e. The van der Waals surface area contributed by atoms with Crippen molar-refractivity contribution in [3.63, 3.8) is 0 Å². The van der Waals surface area contributed by atoms with Crippen molar-refractivity contribution in [1.82, 2.24) is 14.9 Å². The Morgan fingerprint density at radius 3 is 2.81 bits per heavy atom. The van der Waals surface area contributed by atoms with Gasteiger partial charge in [-0.1, -0.05) is 36.0 Å². The Labute approximate surface area is 159 Å². The fraction of sp³-hybridized carbons (Fsp3) is 0.111. The van der Waals surface area contributed by atoms with Crippen LogP contribution < -0.4 is 11.2 Å². The first kappa shape index (κ1) is 18.4. The summed E-state index contributed by atoms with van der Waals surface area (Å²) < 4.78 is 14.6.